The van der Waals surface area contributed by atoms with Crippen molar-refractivity contribution in [2.75, 3.05) is 32.8 Å². The first kappa shape index (κ1) is 16.1. The van der Waals surface area contributed by atoms with Gasteiger partial charge in [0, 0.05) is 19.7 Å². The quantitative estimate of drug-likeness (QED) is 0.844. The highest BCUT2D eigenvalue weighted by Gasteiger charge is 2.25. The third-order valence-electron chi connectivity index (χ3n) is 3.47. The zero-order chi connectivity index (χ0) is 15.3. The van der Waals surface area contributed by atoms with E-state index < -0.39 is 5.60 Å². The van der Waals surface area contributed by atoms with E-state index in [1.54, 1.807) is 4.90 Å². The maximum absolute atomic E-state index is 12.1. The monoisotopic (exact) mass is 297 g/mol. The molecule has 1 unspecified atom stereocenters. The molecule has 0 saturated carbocycles. The summed E-state index contributed by atoms with van der Waals surface area (Å²) in [7, 11) is 0. The van der Waals surface area contributed by atoms with Crippen molar-refractivity contribution >= 4 is 11.9 Å². The van der Waals surface area contributed by atoms with Gasteiger partial charge >= 0.3 is 6.09 Å². The number of rotatable bonds is 2. The van der Waals surface area contributed by atoms with Crippen LogP contribution in [0.3, 0.4) is 0 Å². The summed E-state index contributed by atoms with van der Waals surface area (Å²) in [6, 6.07) is 0. The van der Waals surface area contributed by atoms with Gasteiger partial charge in [0.25, 0.3) is 0 Å². The van der Waals surface area contributed by atoms with Crippen molar-refractivity contribution in [2.45, 2.75) is 51.7 Å². The van der Waals surface area contributed by atoms with Gasteiger partial charge in [-0.05, 0) is 40.0 Å². The number of ether oxygens (including phenoxy) is 2. The van der Waals surface area contributed by atoms with Crippen molar-refractivity contribution in [3.63, 3.8) is 0 Å². The van der Waals surface area contributed by atoms with Crippen molar-refractivity contribution in [1.29, 1.82) is 0 Å². The zero-order valence-corrected chi connectivity index (χ0v) is 13.4. The van der Waals surface area contributed by atoms with Crippen LogP contribution in [0.4, 0.5) is 4.79 Å². The molecule has 6 heteroatoms. The summed E-state index contributed by atoms with van der Waals surface area (Å²) in [5.74, 6) is 0.848. The molecule has 0 aromatic carbocycles. The SMILES string of the molecule is CC(C)(C)OC(=O)N1CCN=C(NCC2CCCCO2)C1. The van der Waals surface area contributed by atoms with Crippen LogP contribution >= 0.6 is 0 Å². The number of nitrogens with zero attached hydrogens (tertiary/aromatic N) is 2. The van der Waals surface area contributed by atoms with Gasteiger partial charge in [-0.3, -0.25) is 9.89 Å². The number of amides is 1. The average molecular weight is 297 g/mol. The van der Waals surface area contributed by atoms with Gasteiger partial charge in [-0.2, -0.15) is 0 Å². The smallest absolute Gasteiger partial charge is 0.410 e. The Hall–Kier alpha value is -1.30. The minimum absolute atomic E-state index is 0.262. The predicted molar refractivity (Wildman–Crippen MR) is 81.7 cm³/mol. The third-order valence-corrected chi connectivity index (χ3v) is 3.47. The fourth-order valence-corrected chi connectivity index (χ4v) is 2.41. The molecule has 1 amide bonds. The molecule has 1 fully saturated rings. The van der Waals surface area contributed by atoms with E-state index in [1.807, 2.05) is 20.8 Å². The molecule has 120 valence electrons. The minimum atomic E-state index is -0.463. The lowest BCUT2D eigenvalue weighted by Gasteiger charge is -2.30. The number of hydrogen-bond acceptors (Lipinski definition) is 5. The maximum Gasteiger partial charge on any atom is 0.410 e. The lowest BCUT2D eigenvalue weighted by Crippen LogP contribution is -2.48. The maximum atomic E-state index is 12.1. The van der Waals surface area contributed by atoms with Crippen LogP contribution < -0.4 is 5.32 Å². The van der Waals surface area contributed by atoms with Crippen molar-refractivity contribution in [3.8, 4) is 0 Å². The van der Waals surface area contributed by atoms with Crippen molar-refractivity contribution in [2.24, 2.45) is 4.99 Å². The molecule has 0 aromatic heterocycles. The zero-order valence-electron chi connectivity index (χ0n) is 13.4. The Bertz CT molecular complexity index is 384. The molecule has 0 spiro atoms. The summed E-state index contributed by atoms with van der Waals surface area (Å²) in [6.45, 7) is 8.96. The number of amidine groups is 1. The number of nitrogens with one attached hydrogen (secondary N) is 1. The second-order valence-electron chi connectivity index (χ2n) is 6.60. The molecule has 2 aliphatic rings. The van der Waals surface area contributed by atoms with Crippen LogP contribution in [-0.4, -0.2) is 61.3 Å². The first-order valence-corrected chi connectivity index (χ1v) is 7.81. The Morgan fingerprint density at radius 3 is 2.95 bits per heavy atom. The second kappa shape index (κ2) is 7.11. The number of aliphatic imine (C=N–C) groups is 1. The van der Waals surface area contributed by atoms with E-state index in [1.165, 1.54) is 6.42 Å². The molecule has 1 N–H and O–H groups in total. The molecule has 0 aromatic rings. The Balaban J connectivity index is 1.77. The molecular weight excluding hydrogens is 270 g/mol. The second-order valence-corrected chi connectivity index (χ2v) is 6.60. The molecule has 0 radical (unpaired) electrons. The first-order chi connectivity index (χ1) is 9.94. The highest BCUT2D eigenvalue weighted by Crippen LogP contribution is 2.13. The molecule has 0 bridgehead atoms. The molecule has 0 aliphatic carbocycles. The Morgan fingerprint density at radius 1 is 1.48 bits per heavy atom. The van der Waals surface area contributed by atoms with Gasteiger partial charge in [0.1, 0.15) is 11.4 Å². The highest BCUT2D eigenvalue weighted by molar-refractivity contribution is 5.87. The predicted octanol–water partition coefficient (Wildman–Crippen LogP) is 1.79. The normalized spacial score (nSPS) is 23.5. The van der Waals surface area contributed by atoms with Gasteiger partial charge in [-0.25, -0.2) is 4.79 Å². The van der Waals surface area contributed by atoms with Gasteiger partial charge < -0.3 is 14.8 Å². The molecular formula is C15H27N3O3. The largest absolute Gasteiger partial charge is 0.444 e. The summed E-state index contributed by atoms with van der Waals surface area (Å²) in [6.07, 6.45) is 3.46. The Labute approximate surface area is 126 Å². The lowest BCUT2D eigenvalue weighted by atomic mass is 10.1. The van der Waals surface area contributed by atoms with Crippen LogP contribution in [0.1, 0.15) is 40.0 Å². The van der Waals surface area contributed by atoms with Crippen molar-refractivity contribution in [1.82, 2.24) is 10.2 Å². The summed E-state index contributed by atoms with van der Waals surface area (Å²) in [5, 5.41) is 3.31. The topological polar surface area (TPSA) is 63.2 Å². The lowest BCUT2D eigenvalue weighted by molar-refractivity contribution is 0.0189. The van der Waals surface area contributed by atoms with Crippen LogP contribution in [0, 0.1) is 0 Å². The fourth-order valence-electron chi connectivity index (χ4n) is 2.41. The van der Waals surface area contributed by atoms with Gasteiger partial charge in [0.05, 0.1) is 19.2 Å². The van der Waals surface area contributed by atoms with E-state index in [4.69, 9.17) is 9.47 Å². The van der Waals surface area contributed by atoms with Crippen LogP contribution in [-0.2, 0) is 9.47 Å². The summed E-state index contributed by atoms with van der Waals surface area (Å²) < 4.78 is 11.1. The van der Waals surface area contributed by atoms with Crippen LogP contribution in [0.5, 0.6) is 0 Å². The number of carbonyl (C=O) groups is 1. The van der Waals surface area contributed by atoms with Crippen LogP contribution in [0.15, 0.2) is 4.99 Å². The van der Waals surface area contributed by atoms with Crippen molar-refractivity contribution < 1.29 is 14.3 Å². The van der Waals surface area contributed by atoms with Gasteiger partial charge in [-0.1, -0.05) is 0 Å². The Kier molecular flexibility index (Phi) is 5.45. The van der Waals surface area contributed by atoms with E-state index in [0.29, 0.717) is 19.6 Å². The summed E-state index contributed by atoms with van der Waals surface area (Å²) in [5.41, 5.74) is -0.463. The number of carbonyl (C=O) groups excluding carboxylic acids is 1. The molecule has 1 atom stereocenters. The summed E-state index contributed by atoms with van der Waals surface area (Å²) in [4.78, 5) is 18.2. The molecule has 6 nitrogen and oxygen atoms in total. The van der Waals surface area contributed by atoms with Gasteiger partial charge in [-0.15, -0.1) is 0 Å². The van der Waals surface area contributed by atoms with Crippen molar-refractivity contribution in [3.05, 3.63) is 0 Å². The average Bonchev–Trinajstić information content (AvgIpc) is 2.45. The molecule has 2 aliphatic heterocycles. The standard InChI is InChI=1S/C15H27N3O3/c1-15(2,3)21-14(19)18-8-7-16-13(11-18)17-10-12-6-4-5-9-20-12/h12H,4-11H2,1-3H3,(H,16,17). The van der Waals surface area contributed by atoms with E-state index in [0.717, 1.165) is 31.8 Å². The third kappa shape index (κ3) is 5.53. The first-order valence-electron chi connectivity index (χ1n) is 7.81. The van der Waals surface area contributed by atoms with Crippen LogP contribution in [0.2, 0.25) is 0 Å². The molecule has 1 saturated heterocycles. The van der Waals surface area contributed by atoms with E-state index in [-0.39, 0.29) is 12.2 Å². The van der Waals surface area contributed by atoms with E-state index >= 15 is 0 Å². The Morgan fingerprint density at radius 2 is 2.29 bits per heavy atom. The van der Waals surface area contributed by atoms with Gasteiger partial charge in [0.15, 0.2) is 0 Å². The van der Waals surface area contributed by atoms with E-state index in [9.17, 15) is 4.79 Å². The summed E-state index contributed by atoms with van der Waals surface area (Å²) >= 11 is 0. The highest BCUT2D eigenvalue weighted by atomic mass is 16.6. The van der Waals surface area contributed by atoms with Gasteiger partial charge in [0.2, 0.25) is 0 Å². The molecule has 21 heavy (non-hydrogen) atoms. The fraction of sp³-hybridized carbons (Fsp3) is 0.867. The minimum Gasteiger partial charge on any atom is -0.444 e. The van der Waals surface area contributed by atoms with E-state index in [2.05, 4.69) is 10.3 Å². The van der Waals surface area contributed by atoms with Crippen LogP contribution in [0.25, 0.3) is 0 Å². The molecule has 2 heterocycles. The molecule has 2 rings (SSSR count). The number of hydrogen-bond donors (Lipinski definition) is 1.